The van der Waals surface area contributed by atoms with Crippen LogP contribution in [0.4, 0.5) is 0 Å². The van der Waals surface area contributed by atoms with E-state index in [0.717, 1.165) is 12.8 Å². The van der Waals surface area contributed by atoms with Gasteiger partial charge in [-0.05, 0) is 12.8 Å². The van der Waals surface area contributed by atoms with Crippen molar-refractivity contribution in [2.24, 2.45) is 0 Å². The van der Waals surface area contributed by atoms with Crippen molar-refractivity contribution >= 4 is 18.6 Å². The molecule has 3 heteroatoms. The van der Waals surface area contributed by atoms with Crippen LogP contribution >= 0.6 is 12.6 Å². The fourth-order valence-electron chi connectivity index (χ4n) is 0.810. The molecule has 1 rings (SSSR count). The standard InChI is InChI=1S/C6H10O2S/c7-6-2-1-5(9)3-4-8-6/h5,9H,1-4H2. The first-order valence-electron chi connectivity index (χ1n) is 3.13. The van der Waals surface area contributed by atoms with Gasteiger partial charge in [0.05, 0.1) is 6.61 Å². The molecule has 1 atom stereocenters. The van der Waals surface area contributed by atoms with E-state index in [1.54, 1.807) is 0 Å². The van der Waals surface area contributed by atoms with E-state index in [0.29, 0.717) is 18.3 Å². The third kappa shape index (κ3) is 2.26. The summed E-state index contributed by atoms with van der Waals surface area (Å²) in [6.45, 7) is 0.549. The molecule has 2 nitrogen and oxygen atoms in total. The first-order valence-corrected chi connectivity index (χ1v) is 3.64. The Kier molecular flexibility index (Phi) is 2.39. The maximum atomic E-state index is 10.6. The van der Waals surface area contributed by atoms with Crippen LogP contribution in [-0.4, -0.2) is 17.8 Å². The minimum absolute atomic E-state index is 0.0773. The molecule has 0 saturated carbocycles. The lowest BCUT2D eigenvalue weighted by Crippen LogP contribution is -2.00. The highest BCUT2D eigenvalue weighted by Gasteiger charge is 2.13. The van der Waals surface area contributed by atoms with Crippen LogP contribution in [-0.2, 0) is 9.53 Å². The number of thiol groups is 1. The average Bonchev–Trinajstić information content (AvgIpc) is 1.97. The van der Waals surface area contributed by atoms with E-state index in [9.17, 15) is 4.79 Å². The van der Waals surface area contributed by atoms with Gasteiger partial charge in [-0.1, -0.05) is 0 Å². The number of hydrogen-bond donors (Lipinski definition) is 1. The van der Waals surface area contributed by atoms with Gasteiger partial charge < -0.3 is 4.74 Å². The smallest absolute Gasteiger partial charge is 0.305 e. The van der Waals surface area contributed by atoms with E-state index >= 15 is 0 Å². The van der Waals surface area contributed by atoms with Gasteiger partial charge in [-0.2, -0.15) is 12.6 Å². The topological polar surface area (TPSA) is 26.3 Å². The Labute approximate surface area is 60.0 Å². The molecule has 9 heavy (non-hydrogen) atoms. The Morgan fingerprint density at radius 1 is 1.56 bits per heavy atom. The summed E-state index contributed by atoms with van der Waals surface area (Å²) < 4.78 is 4.79. The zero-order valence-electron chi connectivity index (χ0n) is 5.17. The van der Waals surface area contributed by atoms with Gasteiger partial charge in [0.15, 0.2) is 0 Å². The van der Waals surface area contributed by atoms with E-state index in [-0.39, 0.29) is 5.97 Å². The SMILES string of the molecule is O=C1CCC(S)CCO1. The molecule has 0 aromatic heterocycles. The van der Waals surface area contributed by atoms with Gasteiger partial charge in [-0.25, -0.2) is 0 Å². The summed E-state index contributed by atoms with van der Waals surface area (Å²) >= 11 is 4.24. The van der Waals surface area contributed by atoms with Gasteiger partial charge in [0.25, 0.3) is 0 Å². The second kappa shape index (κ2) is 3.11. The van der Waals surface area contributed by atoms with E-state index in [4.69, 9.17) is 4.74 Å². The Balaban J connectivity index is 2.34. The minimum Gasteiger partial charge on any atom is -0.466 e. The van der Waals surface area contributed by atoms with Gasteiger partial charge in [0.1, 0.15) is 0 Å². The molecule has 0 amide bonds. The third-order valence-corrected chi connectivity index (χ3v) is 1.91. The fraction of sp³-hybridized carbons (Fsp3) is 0.833. The molecule has 0 radical (unpaired) electrons. The van der Waals surface area contributed by atoms with Gasteiger partial charge >= 0.3 is 5.97 Å². The zero-order valence-corrected chi connectivity index (χ0v) is 6.06. The summed E-state index contributed by atoms with van der Waals surface area (Å²) in [6, 6.07) is 0. The molecule has 0 aromatic rings. The molecule has 0 bridgehead atoms. The van der Waals surface area contributed by atoms with Crippen LogP contribution in [0.1, 0.15) is 19.3 Å². The number of hydrogen-bond acceptors (Lipinski definition) is 3. The van der Waals surface area contributed by atoms with Crippen molar-refractivity contribution in [2.75, 3.05) is 6.61 Å². The molecule has 0 aliphatic carbocycles. The van der Waals surface area contributed by atoms with E-state index in [2.05, 4.69) is 12.6 Å². The molecule has 1 heterocycles. The van der Waals surface area contributed by atoms with Crippen molar-refractivity contribution in [3.8, 4) is 0 Å². The van der Waals surface area contributed by atoms with Crippen molar-refractivity contribution in [3.05, 3.63) is 0 Å². The largest absolute Gasteiger partial charge is 0.466 e. The molecule has 1 aliphatic heterocycles. The van der Waals surface area contributed by atoms with Crippen molar-refractivity contribution in [3.63, 3.8) is 0 Å². The van der Waals surface area contributed by atoms with Crippen LogP contribution in [0.5, 0.6) is 0 Å². The Morgan fingerprint density at radius 2 is 2.33 bits per heavy atom. The summed E-state index contributed by atoms with van der Waals surface area (Å²) in [5, 5.41) is 0.358. The maximum absolute atomic E-state index is 10.6. The van der Waals surface area contributed by atoms with Crippen molar-refractivity contribution < 1.29 is 9.53 Å². The second-order valence-electron chi connectivity index (χ2n) is 2.20. The van der Waals surface area contributed by atoms with E-state index < -0.39 is 0 Å². The summed E-state index contributed by atoms with van der Waals surface area (Å²) in [4.78, 5) is 10.6. The second-order valence-corrected chi connectivity index (χ2v) is 2.93. The number of ether oxygens (including phenoxy) is 1. The number of esters is 1. The highest BCUT2D eigenvalue weighted by atomic mass is 32.1. The zero-order chi connectivity index (χ0) is 6.69. The van der Waals surface area contributed by atoms with Crippen LogP contribution in [0, 0.1) is 0 Å². The van der Waals surface area contributed by atoms with Crippen molar-refractivity contribution in [2.45, 2.75) is 24.5 Å². The van der Waals surface area contributed by atoms with Crippen LogP contribution in [0.25, 0.3) is 0 Å². The molecule has 1 aliphatic rings. The number of rotatable bonds is 0. The van der Waals surface area contributed by atoms with Crippen LogP contribution in [0.2, 0.25) is 0 Å². The maximum Gasteiger partial charge on any atom is 0.305 e. The average molecular weight is 146 g/mol. The van der Waals surface area contributed by atoms with Crippen LogP contribution < -0.4 is 0 Å². The molecular weight excluding hydrogens is 136 g/mol. The lowest BCUT2D eigenvalue weighted by Gasteiger charge is -2.00. The predicted molar refractivity (Wildman–Crippen MR) is 37.6 cm³/mol. The minimum atomic E-state index is -0.0773. The lowest BCUT2D eigenvalue weighted by atomic mass is 10.2. The molecule has 0 N–H and O–H groups in total. The number of cyclic esters (lactones) is 1. The van der Waals surface area contributed by atoms with Crippen LogP contribution in [0.15, 0.2) is 0 Å². The third-order valence-electron chi connectivity index (χ3n) is 1.40. The van der Waals surface area contributed by atoms with Crippen molar-refractivity contribution in [1.82, 2.24) is 0 Å². The Bertz CT molecular complexity index is 114. The fourth-order valence-corrected chi connectivity index (χ4v) is 1.04. The monoisotopic (exact) mass is 146 g/mol. The summed E-state index contributed by atoms with van der Waals surface area (Å²) in [7, 11) is 0. The summed E-state index contributed by atoms with van der Waals surface area (Å²) in [5.74, 6) is -0.0773. The molecule has 1 saturated heterocycles. The van der Waals surface area contributed by atoms with Gasteiger partial charge in [0, 0.05) is 11.7 Å². The first kappa shape index (κ1) is 6.93. The molecule has 52 valence electrons. The molecular formula is C6H10O2S. The number of carbonyl (C=O) groups is 1. The van der Waals surface area contributed by atoms with Gasteiger partial charge in [-0.3, -0.25) is 4.79 Å². The van der Waals surface area contributed by atoms with Gasteiger partial charge in [-0.15, -0.1) is 0 Å². The quantitative estimate of drug-likeness (QED) is 0.408. The first-order chi connectivity index (χ1) is 4.29. The summed E-state index contributed by atoms with van der Waals surface area (Å²) in [5.41, 5.74) is 0. The Morgan fingerprint density at radius 3 is 3.11 bits per heavy atom. The molecule has 0 spiro atoms. The normalized spacial score (nSPS) is 29.0. The predicted octanol–water partition coefficient (Wildman–Crippen LogP) is 1.01. The van der Waals surface area contributed by atoms with E-state index in [1.807, 2.05) is 0 Å². The Hall–Kier alpha value is -0.180. The summed E-state index contributed by atoms with van der Waals surface area (Å²) in [6.07, 6.45) is 2.30. The highest BCUT2D eigenvalue weighted by molar-refractivity contribution is 7.80. The molecule has 1 fully saturated rings. The molecule has 0 aromatic carbocycles. The van der Waals surface area contributed by atoms with Gasteiger partial charge in [0.2, 0.25) is 0 Å². The number of carbonyl (C=O) groups excluding carboxylic acids is 1. The van der Waals surface area contributed by atoms with E-state index in [1.165, 1.54) is 0 Å². The van der Waals surface area contributed by atoms with Crippen LogP contribution in [0.3, 0.4) is 0 Å². The van der Waals surface area contributed by atoms with Crippen molar-refractivity contribution in [1.29, 1.82) is 0 Å². The highest BCUT2D eigenvalue weighted by Crippen LogP contribution is 2.13. The lowest BCUT2D eigenvalue weighted by molar-refractivity contribution is -0.142. The molecule has 1 unspecified atom stereocenters.